The van der Waals surface area contributed by atoms with Gasteiger partial charge in [0, 0.05) is 41.5 Å². The number of fused-ring (bicyclic) bond motifs is 1. The molecule has 0 saturated carbocycles. The van der Waals surface area contributed by atoms with Gasteiger partial charge in [0.05, 0.1) is 6.21 Å². The molecule has 1 fully saturated rings. The van der Waals surface area contributed by atoms with Crippen molar-refractivity contribution in [2.75, 3.05) is 13.1 Å². The van der Waals surface area contributed by atoms with E-state index < -0.39 is 5.97 Å². The Kier molecular flexibility index (Phi) is 5.79. The summed E-state index contributed by atoms with van der Waals surface area (Å²) in [6.45, 7) is 0.281. The lowest BCUT2D eigenvalue weighted by Crippen LogP contribution is -2.36. The second-order valence-electron chi connectivity index (χ2n) is 7.50. The van der Waals surface area contributed by atoms with E-state index in [1.807, 2.05) is 54.6 Å². The van der Waals surface area contributed by atoms with E-state index in [0.29, 0.717) is 18.5 Å². The molecule has 0 bridgehead atoms. The summed E-state index contributed by atoms with van der Waals surface area (Å²) in [4.78, 5) is 37.2. The van der Waals surface area contributed by atoms with Crippen molar-refractivity contribution in [3.05, 3.63) is 71.9 Å². The van der Waals surface area contributed by atoms with E-state index in [0.717, 1.165) is 16.5 Å². The third kappa shape index (κ3) is 4.63. The zero-order valence-corrected chi connectivity index (χ0v) is 16.8. The second kappa shape index (κ2) is 8.83. The van der Waals surface area contributed by atoms with E-state index in [1.165, 1.54) is 6.21 Å². The molecule has 4 rings (SSSR count). The number of carbonyl (C=O) groups excluding carboxylic acids is 2. The Morgan fingerprint density at radius 1 is 1.10 bits per heavy atom. The molecular weight excluding hydrogens is 396 g/mol. The largest absolute Gasteiger partial charge is 0.480 e. The van der Waals surface area contributed by atoms with Gasteiger partial charge in [-0.1, -0.05) is 48.5 Å². The van der Waals surface area contributed by atoms with Gasteiger partial charge in [-0.15, -0.1) is 0 Å². The lowest BCUT2D eigenvalue weighted by Gasteiger charge is -2.15. The van der Waals surface area contributed by atoms with E-state index in [9.17, 15) is 14.4 Å². The molecule has 2 heterocycles. The van der Waals surface area contributed by atoms with Crippen molar-refractivity contribution < 1.29 is 19.5 Å². The lowest BCUT2D eigenvalue weighted by atomic mass is 9.99. The summed E-state index contributed by atoms with van der Waals surface area (Å²) >= 11 is 0. The SMILES string of the molecule is O=C(O)Cn1cc(/C=N\NC(=O)CN2C[C@@H](c3ccccc3)CC2=O)c2ccccc21. The van der Waals surface area contributed by atoms with Crippen molar-refractivity contribution in [2.45, 2.75) is 18.9 Å². The maximum absolute atomic E-state index is 12.3. The fourth-order valence-corrected chi connectivity index (χ4v) is 3.91. The van der Waals surface area contributed by atoms with Gasteiger partial charge in [0.25, 0.3) is 5.91 Å². The van der Waals surface area contributed by atoms with Crippen molar-refractivity contribution in [2.24, 2.45) is 5.10 Å². The number of nitrogens with one attached hydrogen (secondary N) is 1. The summed E-state index contributed by atoms with van der Waals surface area (Å²) in [5.74, 6) is -1.29. The van der Waals surface area contributed by atoms with Crippen molar-refractivity contribution in [1.29, 1.82) is 0 Å². The van der Waals surface area contributed by atoms with Crippen molar-refractivity contribution >= 4 is 34.9 Å². The van der Waals surface area contributed by atoms with Crippen LogP contribution in [0, 0.1) is 0 Å². The van der Waals surface area contributed by atoms with Crippen LogP contribution < -0.4 is 5.43 Å². The van der Waals surface area contributed by atoms with Crippen LogP contribution in [0.25, 0.3) is 10.9 Å². The smallest absolute Gasteiger partial charge is 0.323 e. The van der Waals surface area contributed by atoms with Gasteiger partial charge in [-0.05, 0) is 11.6 Å². The molecule has 3 aromatic rings. The maximum atomic E-state index is 12.3. The summed E-state index contributed by atoms with van der Waals surface area (Å²) in [6, 6.07) is 17.2. The Labute approximate surface area is 178 Å². The molecular formula is C23H22N4O4. The maximum Gasteiger partial charge on any atom is 0.323 e. The van der Waals surface area contributed by atoms with Crippen molar-refractivity contribution in [3.8, 4) is 0 Å². The first kappa shape index (κ1) is 20.3. The molecule has 8 nitrogen and oxygen atoms in total. The van der Waals surface area contributed by atoms with Crippen LogP contribution in [0.3, 0.4) is 0 Å². The Morgan fingerprint density at radius 3 is 2.61 bits per heavy atom. The first-order valence-corrected chi connectivity index (χ1v) is 9.95. The highest BCUT2D eigenvalue weighted by Gasteiger charge is 2.31. The van der Waals surface area contributed by atoms with Gasteiger partial charge in [0.15, 0.2) is 0 Å². The van der Waals surface area contributed by atoms with Crippen LogP contribution in [0.4, 0.5) is 0 Å². The third-order valence-electron chi connectivity index (χ3n) is 5.34. The summed E-state index contributed by atoms with van der Waals surface area (Å²) in [6.07, 6.45) is 3.56. The predicted octanol–water partition coefficient (Wildman–Crippen LogP) is 2.19. The number of hydrazone groups is 1. The molecule has 1 aliphatic rings. The van der Waals surface area contributed by atoms with Crippen LogP contribution in [-0.4, -0.2) is 51.7 Å². The quantitative estimate of drug-likeness (QED) is 0.453. The molecule has 2 N–H and O–H groups in total. The van der Waals surface area contributed by atoms with Gasteiger partial charge >= 0.3 is 5.97 Å². The van der Waals surface area contributed by atoms with Gasteiger partial charge in [0.2, 0.25) is 5.91 Å². The van der Waals surface area contributed by atoms with Crippen LogP contribution >= 0.6 is 0 Å². The molecule has 0 spiro atoms. The molecule has 0 radical (unpaired) electrons. The topological polar surface area (TPSA) is 104 Å². The van der Waals surface area contributed by atoms with Crippen molar-refractivity contribution in [3.63, 3.8) is 0 Å². The molecule has 1 atom stereocenters. The molecule has 8 heteroatoms. The minimum Gasteiger partial charge on any atom is -0.480 e. The van der Waals surface area contributed by atoms with Gasteiger partial charge in [-0.3, -0.25) is 14.4 Å². The number of aromatic nitrogens is 1. The molecule has 31 heavy (non-hydrogen) atoms. The Balaban J connectivity index is 1.38. The number of aliphatic carboxylic acids is 1. The average molecular weight is 418 g/mol. The number of para-hydroxylation sites is 1. The molecule has 1 saturated heterocycles. The van der Waals surface area contributed by atoms with Crippen LogP contribution in [0.2, 0.25) is 0 Å². The summed E-state index contributed by atoms with van der Waals surface area (Å²) < 4.78 is 1.62. The minimum absolute atomic E-state index is 0.0512. The number of amides is 2. The zero-order valence-electron chi connectivity index (χ0n) is 16.8. The predicted molar refractivity (Wildman–Crippen MR) is 116 cm³/mol. The lowest BCUT2D eigenvalue weighted by molar-refractivity contribution is -0.137. The summed E-state index contributed by atoms with van der Waals surface area (Å²) in [5.41, 5.74) is 5.01. The first-order valence-electron chi connectivity index (χ1n) is 9.95. The fourth-order valence-electron chi connectivity index (χ4n) is 3.91. The number of likely N-dealkylation sites (tertiary alicyclic amines) is 1. The summed E-state index contributed by atoms with van der Waals surface area (Å²) in [5, 5.41) is 13.9. The third-order valence-corrected chi connectivity index (χ3v) is 5.34. The van der Waals surface area contributed by atoms with E-state index >= 15 is 0 Å². The molecule has 0 aliphatic carbocycles. The van der Waals surface area contributed by atoms with Crippen LogP contribution in [-0.2, 0) is 20.9 Å². The molecule has 2 amide bonds. The van der Waals surface area contributed by atoms with Crippen LogP contribution in [0.15, 0.2) is 65.9 Å². The first-order chi connectivity index (χ1) is 15.0. The Hall–Kier alpha value is -3.94. The second-order valence-corrected chi connectivity index (χ2v) is 7.50. The fraction of sp³-hybridized carbons (Fsp3) is 0.217. The number of carbonyl (C=O) groups is 3. The summed E-state index contributed by atoms with van der Waals surface area (Å²) in [7, 11) is 0. The molecule has 1 aromatic heterocycles. The van der Waals surface area contributed by atoms with Gasteiger partial charge in [-0.2, -0.15) is 5.10 Å². The highest BCUT2D eigenvalue weighted by molar-refractivity contribution is 6.00. The van der Waals surface area contributed by atoms with Gasteiger partial charge < -0.3 is 14.6 Å². The molecule has 2 aromatic carbocycles. The molecule has 1 aliphatic heterocycles. The zero-order chi connectivity index (χ0) is 21.8. The average Bonchev–Trinajstić information content (AvgIpc) is 3.29. The van der Waals surface area contributed by atoms with E-state index in [1.54, 1.807) is 15.7 Å². The normalized spacial score (nSPS) is 16.3. The highest BCUT2D eigenvalue weighted by Crippen LogP contribution is 2.27. The number of nitrogens with zero attached hydrogens (tertiary/aromatic N) is 3. The number of hydrogen-bond donors (Lipinski definition) is 2. The van der Waals surface area contributed by atoms with E-state index in [-0.39, 0.29) is 30.8 Å². The van der Waals surface area contributed by atoms with E-state index in [2.05, 4.69) is 10.5 Å². The van der Waals surface area contributed by atoms with Gasteiger partial charge in [-0.25, -0.2) is 5.43 Å². The molecule has 158 valence electrons. The number of benzene rings is 2. The van der Waals surface area contributed by atoms with E-state index in [4.69, 9.17) is 5.11 Å². The molecule has 0 unspecified atom stereocenters. The highest BCUT2D eigenvalue weighted by atomic mass is 16.4. The van der Waals surface area contributed by atoms with Crippen LogP contribution in [0.1, 0.15) is 23.5 Å². The Bertz CT molecular complexity index is 1150. The number of hydrogen-bond acceptors (Lipinski definition) is 4. The Morgan fingerprint density at radius 2 is 1.84 bits per heavy atom. The number of rotatable bonds is 7. The monoisotopic (exact) mass is 418 g/mol. The minimum atomic E-state index is -0.943. The van der Waals surface area contributed by atoms with Gasteiger partial charge in [0.1, 0.15) is 13.1 Å². The standard InChI is InChI=1S/C23H22N4O4/c28-21(14-27-12-17(10-22(27)29)16-6-2-1-3-7-16)25-24-11-18-13-26(15-23(30)31)20-9-5-4-8-19(18)20/h1-9,11,13,17H,10,12,14-15H2,(H,25,28)(H,30,31)/b24-11-/t17-/m0/s1. The van der Waals surface area contributed by atoms with Crippen molar-refractivity contribution in [1.82, 2.24) is 14.9 Å². The number of carboxylic acid groups (broad SMARTS) is 1. The van der Waals surface area contributed by atoms with Crippen LogP contribution in [0.5, 0.6) is 0 Å². The number of carboxylic acids is 1.